The molecule has 1 aliphatic heterocycles. The normalized spacial score (nSPS) is 29.4. The lowest BCUT2D eigenvalue weighted by atomic mass is 9.86. The number of nitrogens with two attached hydrogens (primary N) is 1. The van der Waals surface area contributed by atoms with Crippen LogP contribution in [-0.2, 0) is 0 Å². The van der Waals surface area contributed by atoms with Gasteiger partial charge in [-0.15, -0.1) is 0 Å². The molecule has 1 aromatic rings. The summed E-state index contributed by atoms with van der Waals surface area (Å²) >= 11 is 6.24. The molecule has 1 aliphatic rings. The van der Waals surface area contributed by atoms with Crippen LogP contribution < -0.4 is 10.6 Å². The van der Waals surface area contributed by atoms with E-state index < -0.39 is 0 Å². The molecule has 3 nitrogen and oxygen atoms in total. The van der Waals surface area contributed by atoms with Crippen LogP contribution in [0.15, 0.2) is 12.3 Å². The van der Waals surface area contributed by atoms with Crippen molar-refractivity contribution in [1.82, 2.24) is 4.98 Å². The minimum Gasteiger partial charge on any atom is -0.397 e. The van der Waals surface area contributed by atoms with Crippen molar-refractivity contribution in [1.29, 1.82) is 0 Å². The highest BCUT2D eigenvalue weighted by Gasteiger charge is 2.30. The second-order valence-electron chi connectivity index (χ2n) is 5.29. The molecule has 94 valence electrons. The van der Waals surface area contributed by atoms with Gasteiger partial charge < -0.3 is 10.6 Å². The maximum absolute atomic E-state index is 6.24. The van der Waals surface area contributed by atoms with Crippen LogP contribution in [0.4, 0.5) is 11.5 Å². The van der Waals surface area contributed by atoms with Gasteiger partial charge in [-0.25, -0.2) is 4.98 Å². The predicted molar refractivity (Wildman–Crippen MR) is 73.4 cm³/mol. The summed E-state index contributed by atoms with van der Waals surface area (Å²) in [5, 5.41) is 0.651. The molecule has 0 aliphatic carbocycles. The van der Waals surface area contributed by atoms with Gasteiger partial charge in [0, 0.05) is 12.6 Å². The van der Waals surface area contributed by atoms with Crippen LogP contribution in [0.5, 0.6) is 0 Å². The smallest absolute Gasteiger partial charge is 0.147 e. The Balaban J connectivity index is 2.31. The van der Waals surface area contributed by atoms with Crippen molar-refractivity contribution in [2.24, 2.45) is 11.8 Å². The number of pyridine rings is 1. The van der Waals surface area contributed by atoms with Crippen LogP contribution in [0, 0.1) is 11.8 Å². The van der Waals surface area contributed by atoms with Gasteiger partial charge in [-0.1, -0.05) is 25.4 Å². The predicted octanol–water partition coefficient (Wildman–Crippen LogP) is 3.19. The molecule has 3 atom stereocenters. The molecule has 0 amide bonds. The number of halogens is 1. The van der Waals surface area contributed by atoms with Crippen LogP contribution in [0.1, 0.15) is 27.2 Å². The van der Waals surface area contributed by atoms with Gasteiger partial charge in [-0.3, -0.25) is 0 Å². The Labute approximate surface area is 108 Å². The lowest BCUT2D eigenvalue weighted by molar-refractivity contribution is 0.295. The van der Waals surface area contributed by atoms with E-state index in [2.05, 4.69) is 30.7 Å². The summed E-state index contributed by atoms with van der Waals surface area (Å²) in [6, 6.07) is 2.25. The summed E-state index contributed by atoms with van der Waals surface area (Å²) in [6.45, 7) is 7.83. The van der Waals surface area contributed by atoms with E-state index in [4.69, 9.17) is 17.3 Å². The molecule has 2 rings (SSSR count). The van der Waals surface area contributed by atoms with E-state index in [0.29, 0.717) is 28.6 Å². The summed E-state index contributed by atoms with van der Waals surface area (Å²) in [4.78, 5) is 6.70. The SMILES string of the molecule is CC1CC(C)C(C)N(c2ncc(N)cc2Cl)C1. The fourth-order valence-electron chi connectivity index (χ4n) is 2.65. The summed E-state index contributed by atoms with van der Waals surface area (Å²) in [6.07, 6.45) is 2.95. The summed E-state index contributed by atoms with van der Waals surface area (Å²) in [5.74, 6) is 2.21. The minimum absolute atomic E-state index is 0.472. The van der Waals surface area contributed by atoms with Crippen LogP contribution in [0.2, 0.25) is 5.02 Å². The van der Waals surface area contributed by atoms with E-state index in [-0.39, 0.29) is 0 Å². The molecule has 0 spiro atoms. The summed E-state index contributed by atoms with van der Waals surface area (Å²) in [5.41, 5.74) is 6.30. The van der Waals surface area contributed by atoms with Gasteiger partial charge in [0.05, 0.1) is 16.9 Å². The largest absolute Gasteiger partial charge is 0.397 e. The van der Waals surface area contributed by atoms with Gasteiger partial charge in [0.15, 0.2) is 0 Å². The molecule has 0 aromatic carbocycles. The topological polar surface area (TPSA) is 42.2 Å². The average Bonchev–Trinajstić information content (AvgIpc) is 2.24. The lowest BCUT2D eigenvalue weighted by Gasteiger charge is -2.42. The minimum atomic E-state index is 0.472. The van der Waals surface area contributed by atoms with E-state index in [9.17, 15) is 0 Å². The number of hydrogen-bond acceptors (Lipinski definition) is 3. The second-order valence-corrected chi connectivity index (χ2v) is 5.69. The zero-order chi connectivity index (χ0) is 12.6. The highest BCUT2D eigenvalue weighted by Crippen LogP contribution is 2.34. The first kappa shape index (κ1) is 12.5. The van der Waals surface area contributed by atoms with Crippen molar-refractivity contribution in [2.75, 3.05) is 17.2 Å². The standard InChI is InChI=1S/C13H20ClN3/c1-8-4-9(2)10(3)17(7-8)13-12(14)5-11(15)6-16-13/h5-6,8-10H,4,7,15H2,1-3H3. The highest BCUT2D eigenvalue weighted by atomic mass is 35.5. The molecule has 1 fully saturated rings. The van der Waals surface area contributed by atoms with Crippen molar-refractivity contribution < 1.29 is 0 Å². The fourth-order valence-corrected chi connectivity index (χ4v) is 2.93. The van der Waals surface area contributed by atoms with E-state index >= 15 is 0 Å². The maximum Gasteiger partial charge on any atom is 0.147 e. The van der Waals surface area contributed by atoms with Gasteiger partial charge in [0.1, 0.15) is 5.82 Å². The van der Waals surface area contributed by atoms with E-state index in [1.807, 2.05) is 0 Å². The van der Waals surface area contributed by atoms with Gasteiger partial charge >= 0.3 is 0 Å². The highest BCUT2D eigenvalue weighted by molar-refractivity contribution is 6.33. The van der Waals surface area contributed by atoms with Crippen LogP contribution >= 0.6 is 11.6 Å². The first-order chi connectivity index (χ1) is 7.99. The Hall–Kier alpha value is -0.960. The Morgan fingerprint density at radius 2 is 2.12 bits per heavy atom. The van der Waals surface area contributed by atoms with Crippen molar-refractivity contribution in [3.63, 3.8) is 0 Å². The van der Waals surface area contributed by atoms with Gasteiger partial charge in [-0.2, -0.15) is 0 Å². The van der Waals surface area contributed by atoms with Crippen LogP contribution in [0.3, 0.4) is 0 Å². The molecule has 2 heterocycles. The zero-order valence-corrected chi connectivity index (χ0v) is 11.4. The van der Waals surface area contributed by atoms with Crippen molar-refractivity contribution in [2.45, 2.75) is 33.2 Å². The molecule has 0 bridgehead atoms. The Morgan fingerprint density at radius 1 is 1.41 bits per heavy atom. The number of anilines is 2. The molecule has 3 unspecified atom stereocenters. The number of rotatable bonds is 1. The number of nitrogen functional groups attached to an aromatic ring is 1. The monoisotopic (exact) mass is 253 g/mol. The number of nitrogens with zero attached hydrogens (tertiary/aromatic N) is 2. The molecule has 1 saturated heterocycles. The molecule has 1 aromatic heterocycles. The van der Waals surface area contributed by atoms with Crippen molar-refractivity contribution >= 4 is 23.1 Å². The van der Waals surface area contributed by atoms with Crippen molar-refractivity contribution in [3.8, 4) is 0 Å². The Bertz CT molecular complexity index is 408. The molecule has 0 radical (unpaired) electrons. The average molecular weight is 254 g/mol. The fraction of sp³-hybridized carbons (Fsp3) is 0.615. The lowest BCUT2D eigenvalue weighted by Crippen LogP contribution is -2.46. The third-order valence-corrected chi connectivity index (χ3v) is 3.99. The van der Waals surface area contributed by atoms with E-state index in [0.717, 1.165) is 12.4 Å². The number of aromatic nitrogens is 1. The Kier molecular flexibility index (Phi) is 3.48. The van der Waals surface area contributed by atoms with Crippen LogP contribution in [0.25, 0.3) is 0 Å². The quantitative estimate of drug-likeness (QED) is 0.836. The third-order valence-electron chi connectivity index (χ3n) is 3.71. The van der Waals surface area contributed by atoms with E-state index in [1.54, 1.807) is 12.3 Å². The maximum atomic E-state index is 6.24. The first-order valence-corrected chi connectivity index (χ1v) is 6.54. The zero-order valence-electron chi connectivity index (χ0n) is 10.7. The number of piperidine rings is 1. The van der Waals surface area contributed by atoms with E-state index in [1.165, 1.54) is 6.42 Å². The van der Waals surface area contributed by atoms with Crippen LogP contribution in [-0.4, -0.2) is 17.6 Å². The van der Waals surface area contributed by atoms with Gasteiger partial charge in [0.25, 0.3) is 0 Å². The molecule has 17 heavy (non-hydrogen) atoms. The second kappa shape index (κ2) is 4.73. The van der Waals surface area contributed by atoms with Gasteiger partial charge in [-0.05, 0) is 31.2 Å². The van der Waals surface area contributed by atoms with Gasteiger partial charge in [0.2, 0.25) is 0 Å². The summed E-state index contributed by atoms with van der Waals surface area (Å²) < 4.78 is 0. The molecular formula is C13H20ClN3. The molecular weight excluding hydrogens is 234 g/mol. The molecule has 2 N–H and O–H groups in total. The summed E-state index contributed by atoms with van der Waals surface area (Å²) in [7, 11) is 0. The molecule has 0 saturated carbocycles. The third kappa shape index (κ3) is 2.49. The first-order valence-electron chi connectivity index (χ1n) is 6.16. The van der Waals surface area contributed by atoms with Crippen molar-refractivity contribution in [3.05, 3.63) is 17.3 Å². The Morgan fingerprint density at radius 3 is 2.76 bits per heavy atom. The number of hydrogen-bond donors (Lipinski definition) is 1. The molecule has 4 heteroatoms.